The van der Waals surface area contributed by atoms with Gasteiger partial charge in [-0.05, 0) is 38.2 Å². The van der Waals surface area contributed by atoms with Crippen LogP contribution in [0.3, 0.4) is 0 Å². The third-order valence-corrected chi connectivity index (χ3v) is 4.48. The Morgan fingerprint density at radius 1 is 1.24 bits per heavy atom. The number of halogens is 3. The Labute approximate surface area is 121 Å². The van der Waals surface area contributed by atoms with Gasteiger partial charge in [-0.2, -0.15) is 18.4 Å². The van der Waals surface area contributed by atoms with Gasteiger partial charge in [-0.25, -0.2) is 0 Å². The summed E-state index contributed by atoms with van der Waals surface area (Å²) in [5, 5.41) is 8.94. The minimum Gasteiger partial charge on any atom is -0.370 e. The molecule has 2 saturated heterocycles. The summed E-state index contributed by atoms with van der Waals surface area (Å²) in [7, 11) is 2.09. The molecule has 0 aliphatic carbocycles. The highest BCUT2D eigenvalue weighted by molar-refractivity contribution is 5.57. The van der Waals surface area contributed by atoms with Crippen molar-refractivity contribution >= 4 is 5.69 Å². The van der Waals surface area contributed by atoms with Crippen LogP contribution in [-0.4, -0.2) is 38.1 Å². The number of alkyl halides is 3. The zero-order valence-corrected chi connectivity index (χ0v) is 11.7. The number of hydrogen-bond acceptors (Lipinski definition) is 3. The summed E-state index contributed by atoms with van der Waals surface area (Å²) in [4.78, 5) is 4.34. The fourth-order valence-electron chi connectivity index (χ4n) is 3.43. The summed E-state index contributed by atoms with van der Waals surface area (Å²) in [6.45, 7) is 3.82. The molecule has 0 N–H and O–H groups in total. The Hall–Kier alpha value is -1.74. The lowest BCUT2D eigenvalue weighted by Gasteiger charge is -2.49. The lowest BCUT2D eigenvalue weighted by Crippen LogP contribution is -2.57. The second-order valence-electron chi connectivity index (χ2n) is 6.18. The molecule has 2 aliphatic rings. The smallest absolute Gasteiger partial charge is 0.370 e. The number of anilines is 1. The first-order valence-electron chi connectivity index (χ1n) is 6.88. The maximum Gasteiger partial charge on any atom is 0.417 e. The number of hydrogen-bond donors (Lipinski definition) is 0. The van der Waals surface area contributed by atoms with Gasteiger partial charge in [-0.1, -0.05) is 0 Å². The van der Waals surface area contributed by atoms with E-state index in [1.807, 2.05) is 0 Å². The van der Waals surface area contributed by atoms with Gasteiger partial charge in [0.15, 0.2) is 0 Å². The van der Waals surface area contributed by atoms with Crippen molar-refractivity contribution in [2.24, 2.45) is 5.41 Å². The SMILES string of the molecule is CN1CCC2(C1)CN(c1ccc(C(F)(F)F)c(C#N)c1)C2. The van der Waals surface area contributed by atoms with E-state index in [-0.39, 0.29) is 11.0 Å². The molecular weight excluding hydrogens is 279 g/mol. The molecule has 1 spiro atoms. The lowest BCUT2D eigenvalue weighted by atomic mass is 9.78. The topological polar surface area (TPSA) is 30.3 Å². The predicted octanol–water partition coefficient (Wildman–Crippen LogP) is 2.72. The maximum absolute atomic E-state index is 12.8. The molecule has 2 aliphatic heterocycles. The molecule has 1 aromatic rings. The molecule has 6 heteroatoms. The summed E-state index contributed by atoms with van der Waals surface area (Å²) in [5.74, 6) is 0. The molecule has 0 atom stereocenters. The molecule has 0 bridgehead atoms. The first-order chi connectivity index (χ1) is 9.83. The van der Waals surface area contributed by atoms with Gasteiger partial charge >= 0.3 is 6.18 Å². The van der Waals surface area contributed by atoms with E-state index in [2.05, 4.69) is 16.8 Å². The number of rotatable bonds is 1. The predicted molar refractivity (Wildman–Crippen MR) is 72.9 cm³/mol. The second-order valence-corrected chi connectivity index (χ2v) is 6.18. The standard InChI is InChI=1S/C15H16F3N3/c1-20-5-4-14(8-20)9-21(10-14)12-2-3-13(15(16,17)18)11(6-12)7-19/h2-3,6H,4-5,8-10H2,1H3. The molecule has 2 fully saturated rings. The normalized spacial score (nSPS) is 21.4. The van der Waals surface area contributed by atoms with Crippen molar-refractivity contribution in [3.8, 4) is 6.07 Å². The molecule has 0 radical (unpaired) electrons. The average molecular weight is 295 g/mol. The third kappa shape index (κ3) is 2.46. The Kier molecular flexibility index (Phi) is 3.14. The van der Waals surface area contributed by atoms with Crippen LogP contribution in [0, 0.1) is 16.7 Å². The van der Waals surface area contributed by atoms with Gasteiger partial charge in [0.05, 0.1) is 17.2 Å². The number of nitriles is 1. The number of nitrogens with zero attached hydrogens (tertiary/aromatic N) is 3. The number of benzene rings is 1. The van der Waals surface area contributed by atoms with E-state index < -0.39 is 11.7 Å². The highest BCUT2D eigenvalue weighted by Crippen LogP contribution is 2.42. The van der Waals surface area contributed by atoms with Gasteiger partial charge in [0, 0.05) is 30.7 Å². The van der Waals surface area contributed by atoms with Gasteiger partial charge in [0.25, 0.3) is 0 Å². The Morgan fingerprint density at radius 3 is 2.48 bits per heavy atom. The van der Waals surface area contributed by atoms with Crippen LogP contribution in [-0.2, 0) is 6.18 Å². The molecule has 21 heavy (non-hydrogen) atoms. The van der Waals surface area contributed by atoms with Gasteiger partial charge in [0.1, 0.15) is 0 Å². The third-order valence-electron chi connectivity index (χ3n) is 4.48. The van der Waals surface area contributed by atoms with Crippen molar-refractivity contribution in [3.63, 3.8) is 0 Å². The van der Waals surface area contributed by atoms with E-state index in [4.69, 9.17) is 5.26 Å². The molecule has 1 aromatic carbocycles. The molecule has 0 amide bonds. The molecule has 2 heterocycles. The van der Waals surface area contributed by atoms with Crippen LogP contribution in [0.2, 0.25) is 0 Å². The molecule has 0 saturated carbocycles. The summed E-state index contributed by atoms with van der Waals surface area (Å²) in [5.41, 5.74) is -0.168. The molecule has 0 aromatic heterocycles. The van der Waals surface area contributed by atoms with Crippen LogP contribution >= 0.6 is 0 Å². The van der Waals surface area contributed by atoms with Crippen molar-refractivity contribution in [1.29, 1.82) is 5.26 Å². The first kappa shape index (κ1) is 14.2. The fourth-order valence-corrected chi connectivity index (χ4v) is 3.43. The molecule has 3 nitrogen and oxygen atoms in total. The van der Waals surface area contributed by atoms with Crippen molar-refractivity contribution in [2.75, 3.05) is 38.1 Å². The van der Waals surface area contributed by atoms with Crippen molar-refractivity contribution in [3.05, 3.63) is 29.3 Å². The quantitative estimate of drug-likeness (QED) is 0.798. The maximum atomic E-state index is 12.8. The molecule has 3 rings (SSSR count). The summed E-state index contributed by atoms with van der Waals surface area (Å²) in [6, 6.07) is 5.50. The summed E-state index contributed by atoms with van der Waals surface area (Å²) in [6.07, 6.45) is -3.35. The fraction of sp³-hybridized carbons (Fsp3) is 0.533. The van der Waals surface area contributed by atoms with Gasteiger partial charge < -0.3 is 9.80 Å². The molecular formula is C15H16F3N3. The van der Waals surface area contributed by atoms with Crippen LogP contribution < -0.4 is 4.90 Å². The van der Waals surface area contributed by atoms with Gasteiger partial charge in [-0.3, -0.25) is 0 Å². The van der Waals surface area contributed by atoms with E-state index in [0.29, 0.717) is 5.69 Å². The first-order valence-corrected chi connectivity index (χ1v) is 6.88. The summed E-state index contributed by atoms with van der Waals surface area (Å²) >= 11 is 0. The minimum absolute atomic E-state index is 0.282. The van der Waals surface area contributed by atoms with Gasteiger partial charge in [0.2, 0.25) is 0 Å². The van der Waals surface area contributed by atoms with Crippen LogP contribution in [0.5, 0.6) is 0 Å². The monoisotopic (exact) mass is 295 g/mol. The minimum atomic E-state index is -4.48. The second kappa shape index (κ2) is 4.63. The highest BCUT2D eigenvalue weighted by Gasteiger charge is 2.47. The largest absolute Gasteiger partial charge is 0.417 e. The van der Waals surface area contributed by atoms with E-state index in [9.17, 15) is 13.2 Å². The Balaban J connectivity index is 1.78. The van der Waals surface area contributed by atoms with E-state index >= 15 is 0 Å². The van der Waals surface area contributed by atoms with E-state index in [1.165, 1.54) is 12.1 Å². The lowest BCUT2D eigenvalue weighted by molar-refractivity contribution is -0.137. The van der Waals surface area contributed by atoms with E-state index in [0.717, 1.165) is 38.7 Å². The molecule has 0 unspecified atom stereocenters. The summed E-state index contributed by atoms with van der Waals surface area (Å²) < 4.78 is 38.3. The van der Waals surface area contributed by atoms with E-state index in [1.54, 1.807) is 6.07 Å². The van der Waals surface area contributed by atoms with Gasteiger partial charge in [-0.15, -0.1) is 0 Å². The Bertz CT molecular complexity index is 597. The van der Waals surface area contributed by atoms with Crippen molar-refractivity contribution in [2.45, 2.75) is 12.6 Å². The van der Waals surface area contributed by atoms with Crippen LogP contribution in [0.25, 0.3) is 0 Å². The number of likely N-dealkylation sites (tertiary alicyclic amines) is 1. The zero-order valence-electron chi connectivity index (χ0n) is 11.7. The van der Waals surface area contributed by atoms with Crippen LogP contribution in [0.15, 0.2) is 18.2 Å². The van der Waals surface area contributed by atoms with Crippen molar-refractivity contribution < 1.29 is 13.2 Å². The highest BCUT2D eigenvalue weighted by atomic mass is 19.4. The van der Waals surface area contributed by atoms with Crippen LogP contribution in [0.4, 0.5) is 18.9 Å². The average Bonchev–Trinajstić information content (AvgIpc) is 2.77. The molecule has 112 valence electrons. The Morgan fingerprint density at radius 2 is 1.95 bits per heavy atom. The zero-order chi connectivity index (χ0) is 15.3. The van der Waals surface area contributed by atoms with Crippen molar-refractivity contribution in [1.82, 2.24) is 4.90 Å². The van der Waals surface area contributed by atoms with Crippen LogP contribution in [0.1, 0.15) is 17.5 Å².